The third-order valence-corrected chi connectivity index (χ3v) is 4.61. The Hall–Kier alpha value is -1.50. The molecule has 2 aliphatic rings. The minimum absolute atomic E-state index is 0.0124. The van der Waals surface area contributed by atoms with E-state index in [2.05, 4.69) is 16.0 Å². The molecule has 2 aliphatic heterocycles. The number of ether oxygens (including phenoxy) is 2. The summed E-state index contributed by atoms with van der Waals surface area (Å²) in [4.78, 5) is 20.9. The minimum atomic E-state index is -0.429. The van der Waals surface area contributed by atoms with Gasteiger partial charge in [-0.3, -0.25) is 14.7 Å². The first-order valence-electron chi connectivity index (χ1n) is 8.70. The Morgan fingerprint density at radius 2 is 2.21 bits per heavy atom. The number of hydrogen-bond donors (Lipinski definition) is 0. The third kappa shape index (κ3) is 4.12. The average molecular weight is 333 g/mol. The molecule has 0 aliphatic carbocycles. The largest absolute Gasteiger partial charge is 0.377 e. The Bertz CT molecular complexity index is 552. The molecule has 0 aromatic carbocycles. The Morgan fingerprint density at radius 3 is 2.96 bits per heavy atom. The van der Waals surface area contributed by atoms with Crippen molar-refractivity contribution >= 4 is 5.91 Å². The molecule has 1 aromatic heterocycles. The Morgan fingerprint density at radius 1 is 1.33 bits per heavy atom. The number of carbonyl (C=O) groups is 1. The summed E-state index contributed by atoms with van der Waals surface area (Å²) in [6.07, 6.45) is 3.69. The number of nitrogens with zero attached hydrogens (tertiary/aromatic N) is 3. The molecule has 3 rings (SSSR count). The molecule has 1 spiro atoms. The quantitative estimate of drug-likeness (QED) is 0.831. The van der Waals surface area contributed by atoms with Crippen molar-refractivity contribution in [2.75, 3.05) is 46.0 Å². The predicted molar refractivity (Wildman–Crippen MR) is 90.4 cm³/mol. The van der Waals surface area contributed by atoms with Crippen molar-refractivity contribution in [3.63, 3.8) is 0 Å². The molecule has 0 saturated carbocycles. The fraction of sp³-hybridized carbons (Fsp3) is 0.667. The van der Waals surface area contributed by atoms with Gasteiger partial charge in [-0.15, -0.1) is 0 Å². The molecule has 0 bridgehead atoms. The highest BCUT2D eigenvalue weighted by molar-refractivity contribution is 5.78. The van der Waals surface area contributed by atoms with Gasteiger partial charge >= 0.3 is 0 Å². The van der Waals surface area contributed by atoms with Crippen LogP contribution in [0.1, 0.15) is 19.4 Å². The molecule has 2 saturated heterocycles. The van der Waals surface area contributed by atoms with E-state index in [9.17, 15) is 4.79 Å². The molecule has 1 unspecified atom stereocenters. The molecule has 132 valence electrons. The first kappa shape index (κ1) is 17.3. The van der Waals surface area contributed by atoms with Crippen molar-refractivity contribution in [2.45, 2.75) is 26.0 Å². The Balaban J connectivity index is 1.70. The molecule has 24 heavy (non-hydrogen) atoms. The third-order valence-electron chi connectivity index (χ3n) is 4.61. The molecule has 6 nitrogen and oxygen atoms in total. The zero-order chi connectivity index (χ0) is 17.0. The van der Waals surface area contributed by atoms with Crippen LogP contribution in [0.3, 0.4) is 0 Å². The zero-order valence-electron chi connectivity index (χ0n) is 14.6. The second kappa shape index (κ2) is 7.59. The number of carbonyl (C=O) groups excluding carboxylic acids is 1. The summed E-state index contributed by atoms with van der Waals surface area (Å²) in [7, 11) is 0. The van der Waals surface area contributed by atoms with E-state index in [-0.39, 0.29) is 11.8 Å². The van der Waals surface area contributed by atoms with Crippen molar-refractivity contribution in [2.24, 2.45) is 5.92 Å². The lowest BCUT2D eigenvalue weighted by molar-refractivity contribution is -0.164. The number of amides is 1. The summed E-state index contributed by atoms with van der Waals surface area (Å²) < 4.78 is 12.0. The normalized spacial score (nSPS) is 25.9. The van der Waals surface area contributed by atoms with E-state index >= 15 is 0 Å². The van der Waals surface area contributed by atoms with Gasteiger partial charge in [0, 0.05) is 44.5 Å². The van der Waals surface area contributed by atoms with E-state index < -0.39 is 5.60 Å². The van der Waals surface area contributed by atoms with Gasteiger partial charge in [0.25, 0.3) is 0 Å². The summed E-state index contributed by atoms with van der Waals surface area (Å²) in [5.41, 5.74) is 0.752. The molecule has 2 fully saturated rings. The molecule has 6 heteroatoms. The van der Waals surface area contributed by atoms with Crippen molar-refractivity contribution in [1.82, 2.24) is 14.8 Å². The molecule has 0 radical (unpaired) electrons. The lowest BCUT2D eigenvalue weighted by atomic mass is 10.0. The van der Waals surface area contributed by atoms with Gasteiger partial charge in [0.15, 0.2) is 0 Å². The van der Waals surface area contributed by atoms with Gasteiger partial charge in [0.1, 0.15) is 5.60 Å². The maximum absolute atomic E-state index is 12.4. The number of rotatable bonds is 3. The molecule has 1 amide bonds. The van der Waals surface area contributed by atoms with Crippen LogP contribution >= 0.6 is 0 Å². The first-order valence-corrected chi connectivity index (χ1v) is 8.70. The van der Waals surface area contributed by atoms with Gasteiger partial charge in [-0.05, 0) is 11.6 Å². The number of hydrogen-bond acceptors (Lipinski definition) is 5. The van der Waals surface area contributed by atoms with Crippen LogP contribution in [0.15, 0.2) is 24.5 Å². The lowest BCUT2D eigenvalue weighted by Gasteiger charge is -2.43. The van der Waals surface area contributed by atoms with E-state index in [0.29, 0.717) is 32.9 Å². The first-order chi connectivity index (χ1) is 11.6. The highest BCUT2D eigenvalue weighted by Gasteiger charge is 2.41. The lowest BCUT2D eigenvalue weighted by Crippen LogP contribution is -2.60. The summed E-state index contributed by atoms with van der Waals surface area (Å²) in [5, 5.41) is 0. The molecule has 3 heterocycles. The summed E-state index contributed by atoms with van der Waals surface area (Å²) >= 11 is 0. The van der Waals surface area contributed by atoms with E-state index in [1.807, 2.05) is 31.0 Å². The van der Waals surface area contributed by atoms with Crippen molar-refractivity contribution in [3.05, 3.63) is 30.1 Å². The van der Waals surface area contributed by atoms with Gasteiger partial charge in [0.05, 0.1) is 26.4 Å². The average Bonchev–Trinajstić information content (AvgIpc) is 2.77. The van der Waals surface area contributed by atoms with Crippen LogP contribution in [-0.4, -0.2) is 72.3 Å². The monoisotopic (exact) mass is 333 g/mol. The number of aromatic nitrogens is 1. The van der Waals surface area contributed by atoms with E-state index in [1.165, 1.54) is 5.56 Å². The molecule has 0 N–H and O–H groups in total. The molecule has 1 aromatic rings. The van der Waals surface area contributed by atoms with Crippen LogP contribution in [0.5, 0.6) is 0 Å². The van der Waals surface area contributed by atoms with Crippen LogP contribution in [0.25, 0.3) is 0 Å². The fourth-order valence-corrected chi connectivity index (χ4v) is 3.45. The maximum atomic E-state index is 12.4. The molecular weight excluding hydrogens is 306 g/mol. The SMILES string of the molecule is CC(C)C(=O)N1CCOC2(COCCN(Cc3cccnc3)C2)C1. The van der Waals surface area contributed by atoms with E-state index in [0.717, 1.165) is 19.6 Å². The van der Waals surface area contributed by atoms with Gasteiger partial charge in [-0.1, -0.05) is 19.9 Å². The van der Waals surface area contributed by atoms with Gasteiger partial charge in [-0.25, -0.2) is 0 Å². The van der Waals surface area contributed by atoms with Crippen LogP contribution in [0.2, 0.25) is 0 Å². The smallest absolute Gasteiger partial charge is 0.225 e. The number of pyridine rings is 1. The van der Waals surface area contributed by atoms with Crippen molar-refractivity contribution in [3.8, 4) is 0 Å². The van der Waals surface area contributed by atoms with Crippen LogP contribution in [0.4, 0.5) is 0 Å². The highest BCUT2D eigenvalue weighted by atomic mass is 16.5. The summed E-state index contributed by atoms with van der Waals surface area (Å²) in [6.45, 7) is 9.41. The number of morpholine rings is 1. The summed E-state index contributed by atoms with van der Waals surface area (Å²) in [5.74, 6) is 0.207. The van der Waals surface area contributed by atoms with Gasteiger partial charge in [-0.2, -0.15) is 0 Å². The van der Waals surface area contributed by atoms with Gasteiger partial charge < -0.3 is 14.4 Å². The standard InChI is InChI=1S/C18H27N3O3/c1-15(2)17(22)21-7-9-24-18(13-21)12-20(6-8-23-14-18)11-16-4-3-5-19-10-16/h3-5,10,15H,6-9,11-14H2,1-2H3. The van der Waals surface area contributed by atoms with Gasteiger partial charge in [0.2, 0.25) is 5.91 Å². The van der Waals surface area contributed by atoms with E-state index in [1.54, 1.807) is 6.20 Å². The van der Waals surface area contributed by atoms with Crippen LogP contribution in [-0.2, 0) is 20.8 Å². The minimum Gasteiger partial charge on any atom is -0.377 e. The van der Waals surface area contributed by atoms with Crippen LogP contribution < -0.4 is 0 Å². The van der Waals surface area contributed by atoms with Crippen molar-refractivity contribution < 1.29 is 14.3 Å². The maximum Gasteiger partial charge on any atom is 0.225 e. The molecule has 1 atom stereocenters. The highest BCUT2D eigenvalue weighted by Crippen LogP contribution is 2.24. The molecular formula is C18H27N3O3. The topological polar surface area (TPSA) is 54.9 Å². The van der Waals surface area contributed by atoms with Crippen LogP contribution in [0, 0.1) is 5.92 Å². The van der Waals surface area contributed by atoms with Crippen molar-refractivity contribution in [1.29, 1.82) is 0 Å². The second-order valence-corrected chi connectivity index (χ2v) is 7.07. The zero-order valence-corrected chi connectivity index (χ0v) is 14.6. The Kier molecular flexibility index (Phi) is 5.48. The Labute approximate surface area is 143 Å². The fourth-order valence-electron chi connectivity index (χ4n) is 3.45. The second-order valence-electron chi connectivity index (χ2n) is 7.07. The van der Waals surface area contributed by atoms with E-state index in [4.69, 9.17) is 9.47 Å². The predicted octanol–water partition coefficient (Wildman–Crippen LogP) is 1.17. The summed E-state index contributed by atoms with van der Waals surface area (Å²) in [6, 6.07) is 4.04.